The van der Waals surface area contributed by atoms with E-state index in [2.05, 4.69) is 10.6 Å². The highest BCUT2D eigenvalue weighted by Crippen LogP contribution is 2.27. The Kier molecular flexibility index (Phi) is 6.62. The van der Waals surface area contributed by atoms with Gasteiger partial charge in [-0.25, -0.2) is 0 Å². The molecule has 3 aromatic rings. The number of thiophene rings is 1. The third kappa shape index (κ3) is 4.86. The molecule has 0 radical (unpaired) electrons. The lowest BCUT2D eigenvalue weighted by Crippen LogP contribution is -2.26. The summed E-state index contributed by atoms with van der Waals surface area (Å²) >= 11 is 19.5. The second kappa shape index (κ2) is 8.97. The third-order valence-electron chi connectivity index (χ3n) is 4.01. The van der Waals surface area contributed by atoms with Gasteiger partial charge in [0.2, 0.25) is 0 Å². The van der Waals surface area contributed by atoms with Gasteiger partial charge in [0.25, 0.3) is 11.8 Å². The largest absolute Gasteiger partial charge is 0.346 e. The van der Waals surface area contributed by atoms with Gasteiger partial charge in [0, 0.05) is 5.56 Å². The summed E-state index contributed by atoms with van der Waals surface area (Å²) in [6.45, 7) is 1.84. The smallest absolute Gasteiger partial charge is 0.265 e. The maximum Gasteiger partial charge on any atom is 0.265 e. The molecule has 2 amide bonds. The molecule has 28 heavy (non-hydrogen) atoms. The molecule has 0 saturated heterocycles. The highest BCUT2D eigenvalue weighted by Gasteiger charge is 2.15. The van der Waals surface area contributed by atoms with Gasteiger partial charge < -0.3 is 10.6 Å². The van der Waals surface area contributed by atoms with Crippen molar-refractivity contribution in [1.29, 1.82) is 0 Å². The highest BCUT2D eigenvalue weighted by molar-refractivity contribution is 7.12. The second-order valence-electron chi connectivity index (χ2n) is 5.99. The molecule has 0 fully saturated rings. The number of carbonyl (C=O) groups is 2. The lowest BCUT2D eigenvalue weighted by molar-refractivity contribution is 0.0938. The van der Waals surface area contributed by atoms with Gasteiger partial charge >= 0.3 is 0 Å². The molecule has 3 rings (SSSR count). The summed E-state index contributed by atoms with van der Waals surface area (Å²) in [5.74, 6) is -0.583. The molecule has 1 aromatic heterocycles. The summed E-state index contributed by atoms with van der Waals surface area (Å²) in [4.78, 5) is 25.4. The fourth-order valence-corrected chi connectivity index (χ4v) is 3.59. The van der Waals surface area contributed by atoms with E-state index in [1.807, 2.05) is 12.3 Å². The van der Waals surface area contributed by atoms with Crippen LogP contribution < -0.4 is 10.6 Å². The molecule has 0 spiro atoms. The fourth-order valence-electron chi connectivity index (χ4n) is 2.50. The lowest BCUT2D eigenvalue weighted by Gasteiger charge is -2.16. The summed E-state index contributed by atoms with van der Waals surface area (Å²) in [5.41, 5.74) is 1.57. The maximum atomic E-state index is 12.6. The zero-order chi connectivity index (χ0) is 20.3. The average molecular weight is 454 g/mol. The van der Waals surface area contributed by atoms with Crippen LogP contribution in [0.25, 0.3) is 0 Å². The standard InChI is InChI=1S/C20H15Cl3N2O2S/c1-11(12-4-6-14(21)16(23)9-12)24-19(26)13-5-7-15(22)17(10-13)25-20(27)18-3-2-8-28-18/h2-11H,1H3,(H,24,26)(H,25,27). The van der Waals surface area contributed by atoms with Crippen molar-refractivity contribution in [2.45, 2.75) is 13.0 Å². The van der Waals surface area contributed by atoms with Crippen molar-refractivity contribution in [1.82, 2.24) is 5.32 Å². The first-order valence-electron chi connectivity index (χ1n) is 8.25. The normalized spacial score (nSPS) is 11.7. The predicted octanol–water partition coefficient (Wildman–Crippen LogP) is 6.45. The Bertz CT molecular complexity index is 1020. The first-order chi connectivity index (χ1) is 13.3. The van der Waals surface area contributed by atoms with E-state index in [0.29, 0.717) is 31.2 Å². The SMILES string of the molecule is CC(NC(=O)c1ccc(Cl)c(NC(=O)c2cccs2)c1)c1ccc(Cl)c(Cl)c1. The minimum atomic E-state index is -0.304. The Hall–Kier alpha value is -2.05. The van der Waals surface area contributed by atoms with E-state index in [1.165, 1.54) is 11.3 Å². The van der Waals surface area contributed by atoms with Crippen molar-refractivity contribution in [3.05, 3.63) is 85.0 Å². The van der Waals surface area contributed by atoms with Gasteiger partial charge in [0.05, 0.1) is 31.7 Å². The third-order valence-corrected chi connectivity index (χ3v) is 5.95. The molecule has 1 heterocycles. The van der Waals surface area contributed by atoms with Crippen molar-refractivity contribution in [2.75, 3.05) is 5.32 Å². The van der Waals surface area contributed by atoms with Crippen LogP contribution in [-0.2, 0) is 0 Å². The first-order valence-corrected chi connectivity index (χ1v) is 10.3. The number of nitrogens with one attached hydrogen (secondary N) is 2. The van der Waals surface area contributed by atoms with Crippen LogP contribution in [0.3, 0.4) is 0 Å². The molecule has 1 atom stereocenters. The van der Waals surface area contributed by atoms with Crippen molar-refractivity contribution < 1.29 is 9.59 Å². The van der Waals surface area contributed by atoms with Crippen molar-refractivity contribution in [3.63, 3.8) is 0 Å². The fraction of sp³-hybridized carbons (Fsp3) is 0.100. The predicted molar refractivity (Wildman–Crippen MR) is 116 cm³/mol. The average Bonchev–Trinajstić information content (AvgIpc) is 3.20. The molecular weight excluding hydrogens is 439 g/mol. The second-order valence-corrected chi connectivity index (χ2v) is 8.16. The quantitative estimate of drug-likeness (QED) is 0.466. The molecule has 0 aliphatic heterocycles. The van der Waals surface area contributed by atoms with Gasteiger partial charge in [0.1, 0.15) is 0 Å². The maximum absolute atomic E-state index is 12.6. The Morgan fingerprint density at radius 1 is 0.929 bits per heavy atom. The van der Waals surface area contributed by atoms with Crippen LogP contribution in [0.15, 0.2) is 53.9 Å². The van der Waals surface area contributed by atoms with Crippen LogP contribution in [0.2, 0.25) is 15.1 Å². The molecule has 0 bridgehead atoms. The number of hydrogen-bond donors (Lipinski definition) is 2. The molecule has 0 saturated carbocycles. The number of carbonyl (C=O) groups excluding carboxylic acids is 2. The van der Waals surface area contributed by atoms with Crippen LogP contribution in [0.5, 0.6) is 0 Å². The lowest BCUT2D eigenvalue weighted by atomic mass is 10.1. The van der Waals surface area contributed by atoms with Gasteiger partial charge in [-0.3, -0.25) is 9.59 Å². The number of benzene rings is 2. The molecule has 0 aliphatic carbocycles. The number of amides is 2. The van der Waals surface area contributed by atoms with E-state index >= 15 is 0 Å². The zero-order valence-corrected chi connectivity index (χ0v) is 17.7. The Morgan fingerprint density at radius 2 is 1.68 bits per heavy atom. The molecule has 8 heteroatoms. The van der Waals surface area contributed by atoms with E-state index in [1.54, 1.807) is 48.5 Å². The highest BCUT2D eigenvalue weighted by atomic mass is 35.5. The van der Waals surface area contributed by atoms with E-state index in [0.717, 1.165) is 5.56 Å². The number of hydrogen-bond acceptors (Lipinski definition) is 3. The van der Waals surface area contributed by atoms with Crippen molar-refractivity contribution in [3.8, 4) is 0 Å². The van der Waals surface area contributed by atoms with Gasteiger partial charge in [-0.2, -0.15) is 0 Å². The van der Waals surface area contributed by atoms with Crippen molar-refractivity contribution >= 4 is 63.6 Å². The molecular formula is C20H15Cl3N2O2S. The molecule has 2 N–H and O–H groups in total. The summed E-state index contributed by atoms with van der Waals surface area (Å²) in [5, 5.41) is 8.66. The Balaban J connectivity index is 1.74. The van der Waals surface area contributed by atoms with Gasteiger partial charge in [0.15, 0.2) is 0 Å². The zero-order valence-electron chi connectivity index (χ0n) is 14.6. The summed E-state index contributed by atoms with van der Waals surface area (Å²) in [7, 11) is 0. The topological polar surface area (TPSA) is 58.2 Å². The van der Waals surface area contributed by atoms with E-state index in [4.69, 9.17) is 34.8 Å². The molecule has 144 valence electrons. The Morgan fingerprint density at radius 3 is 2.36 bits per heavy atom. The monoisotopic (exact) mass is 452 g/mol. The van der Waals surface area contributed by atoms with Crippen molar-refractivity contribution in [2.24, 2.45) is 0 Å². The van der Waals surface area contributed by atoms with Gasteiger partial charge in [-0.1, -0.05) is 46.9 Å². The molecule has 2 aromatic carbocycles. The Labute approximate surface area is 181 Å². The van der Waals surface area contributed by atoms with E-state index < -0.39 is 0 Å². The molecule has 0 aliphatic rings. The van der Waals surface area contributed by atoms with Crippen LogP contribution >= 0.6 is 46.1 Å². The van der Waals surface area contributed by atoms with Crippen LogP contribution in [0.4, 0.5) is 5.69 Å². The van der Waals surface area contributed by atoms with Gasteiger partial charge in [-0.15, -0.1) is 11.3 Å². The minimum absolute atomic E-state index is 0.279. The molecule has 1 unspecified atom stereocenters. The van der Waals surface area contributed by atoms with Crippen LogP contribution in [-0.4, -0.2) is 11.8 Å². The number of anilines is 1. The number of rotatable bonds is 5. The summed E-state index contributed by atoms with van der Waals surface area (Å²) < 4.78 is 0. The first kappa shape index (κ1) is 20.7. The van der Waals surface area contributed by atoms with Crippen LogP contribution in [0, 0.1) is 0 Å². The summed E-state index contributed by atoms with van der Waals surface area (Å²) in [6, 6.07) is 13.1. The minimum Gasteiger partial charge on any atom is -0.346 e. The van der Waals surface area contributed by atoms with E-state index in [9.17, 15) is 9.59 Å². The summed E-state index contributed by atoms with van der Waals surface area (Å²) in [6.07, 6.45) is 0. The van der Waals surface area contributed by atoms with Crippen LogP contribution in [0.1, 0.15) is 38.6 Å². The molecule has 4 nitrogen and oxygen atoms in total. The van der Waals surface area contributed by atoms with Gasteiger partial charge in [-0.05, 0) is 54.3 Å². The number of halogens is 3. The van der Waals surface area contributed by atoms with E-state index in [-0.39, 0.29) is 17.9 Å².